The zero-order chi connectivity index (χ0) is 59.8. The molecule has 1 aliphatic carbocycles. The van der Waals surface area contributed by atoms with Crippen LogP contribution in [0, 0.1) is 0 Å². The van der Waals surface area contributed by atoms with Crippen LogP contribution in [-0.2, 0) is 5.41 Å². The first-order chi connectivity index (χ1) is 43.0. The summed E-state index contributed by atoms with van der Waals surface area (Å²) in [5.41, 5.74) is 27.0. The fourth-order valence-corrected chi connectivity index (χ4v) is 14.2. The van der Waals surface area contributed by atoms with Gasteiger partial charge < -0.3 is 14.7 Å². The van der Waals surface area contributed by atoms with Gasteiger partial charge >= 0.3 is 0 Å². The monoisotopic (exact) mass is 1130 g/mol. The number of nitrogens with zero attached hydrogens (tertiary/aromatic N) is 3. The van der Waals surface area contributed by atoms with Crippen molar-refractivity contribution in [3.63, 3.8) is 0 Å². The second-order valence-electron chi connectivity index (χ2n) is 25.3. The number of benzene rings is 13. The predicted octanol–water partition coefficient (Wildman–Crippen LogP) is 24.4. The Bertz CT molecular complexity index is 4750. The van der Waals surface area contributed by atoms with E-state index in [1.165, 1.54) is 72.1 Å². The molecule has 0 saturated heterocycles. The second kappa shape index (κ2) is 21.9. The number of rotatable bonds is 10. The Morgan fingerprint density at radius 3 is 1.53 bits per heavy atom. The summed E-state index contributed by atoms with van der Waals surface area (Å²) in [5.74, 6) is 0.831. The van der Waals surface area contributed by atoms with Crippen molar-refractivity contribution >= 4 is 72.7 Å². The van der Waals surface area contributed by atoms with Crippen LogP contribution in [0.3, 0.4) is 0 Å². The summed E-state index contributed by atoms with van der Waals surface area (Å²) in [5, 5.41) is 4.58. The molecule has 3 nitrogen and oxygen atoms in total. The third kappa shape index (κ3) is 9.36. The molecule has 0 amide bonds. The molecular weight excluding hydrogens is 1060 g/mol. The van der Waals surface area contributed by atoms with E-state index < -0.39 is 0 Å². The molecule has 0 spiro atoms. The predicted molar refractivity (Wildman–Crippen MR) is 375 cm³/mol. The fourth-order valence-electron chi connectivity index (χ4n) is 14.2. The lowest BCUT2D eigenvalue weighted by Crippen LogP contribution is -2.17. The molecule has 3 heteroatoms. The maximum absolute atomic E-state index is 2.58. The molecule has 0 N–H and O–H groups in total. The summed E-state index contributed by atoms with van der Waals surface area (Å²) in [4.78, 5) is 7.65. The van der Waals surface area contributed by atoms with E-state index in [9.17, 15) is 0 Å². The molecule has 426 valence electrons. The van der Waals surface area contributed by atoms with Gasteiger partial charge in [0.15, 0.2) is 0 Å². The zero-order valence-corrected chi connectivity index (χ0v) is 51.2. The standard InChI is InChI=1S/C85H71N3/c1-55(2)58-33-39-66(40-34-58)86-71-45-47-73(76(51-71)63-25-15-10-16-26-63)57(5)60-37-43-68(44-38-60)88(70-30-20-28-65(50-70)62-23-13-9-14-24-62)84-78-52-72(86)46-48-75(78)83(80-54-82-77(53-79(80)84)74-31-17-18-32-81(74)85(82,6)7)87(67-41-35-59(36-42-67)56(3)4)69-29-19-27-64(49-69)61-21-11-8-12-22-61/h8-57H,1-7H3. The highest BCUT2D eigenvalue weighted by molar-refractivity contribution is 6.25. The minimum absolute atomic E-state index is 0.0805. The third-order valence-electron chi connectivity index (χ3n) is 19.0. The van der Waals surface area contributed by atoms with Crippen LogP contribution in [0.1, 0.15) is 99.6 Å². The van der Waals surface area contributed by atoms with Crippen molar-refractivity contribution in [2.45, 2.75) is 71.6 Å². The molecule has 13 aromatic carbocycles. The number of anilines is 9. The van der Waals surface area contributed by atoms with Gasteiger partial charge in [-0.2, -0.15) is 0 Å². The van der Waals surface area contributed by atoms with Crippen molar-refractivity contribution < 1.29 is 0 Å². The van der Waals surface area contributed by atoms with Crippen LogP contribution in [0.5, 0.6) is 0 Å². The molecule has 88 heavy (non-hydrogen) atoms. The first kappa shape index (κ1) is 54.4. The van der Waals surface area contributed by atoms with Crippen molar-refractivity contribution in [3.05, 3.63) is 318 Å². The van der Waals surface area contributed by atoms with Crippen LogP contribution >= 0.6 is 0 Å². The lowest BCUT2D eigenvalue weighted by Gasteiger charge is -2.34. The van der Waals surface area contributed by atoms with E-state index >= 15 is 0 Å². The molecule has 0 saturated carbocycles. The SMILES string of the molecule is CC(C)c1ccc(N2c3ccc(c(-c4ccccc4)c3)C(C)c3ccc(cc3)N(c3cccc(-c4ccccc4)c3)c3c4cc2ccc4c(N(c2ccc(C(C)C)cc2)c2cccc(-c4ccccc4)c2)c2cc4c(cc32)-c2ccccc2C4(C)C)cc1. The molecule has 0 fully saturated rings. The highest BCUT2D eigenvalue weighted by atomic mass is 15.2. The first-order valence-electron chi connectivity index (χ1n) is 31.4. The van der Waals surface area contributed by atoms with E-state index in [0.717, 1.165) is 78.5 Å². The summed E-state index contributed by atoms with van der Waals surface area (Å²) in [7, 11) is 0. The molecule has 17 rings (SSSR count). The van der Waals surface area contributed by atoms with Crippen LogP contribution in [0.15, 0.2) is 285 Å². The zero-order valence-electron chi connectivity index (χ0n) is 51.2. The van der Waals surface area contributed by atoms with Gasteiger partial charge in [0.1, 0.15) is 0 Å². The van der Waals surface area contributed by atoms with Crippen LogP contribution in [0.4, 0.5) is 51.2 Å². The van der Waals surface area contributed by atoms with Gasteiger partial charge in [-0.25, -0.2) is 0 Å². The molecule has 13 aromatic rings. The van der Waals surface area contributed by atoms with E-state index in [-0.39, 0.29) is 11.3 Å². The smallest absolute Gasteiger partial charge is 0.0620 e. The van der Waals surface area contributed by atoms with Gasteiger partial charge in [-0.1, -0.05) is 237 Å². The van der Waals surface area contributed by atoms with Gasteiger partial charge in [0, 0.05) is 72.7 Å². The van der Waals surface area contributed by atoms with Crippen LogP contribution in [0.25, 0.3) is 66.1 Å². The van der Waals surface area contributed by atoms with Gasteiger partial charge in [-0.3, -0.25) is 0 Å². The number of fused-ring (bicyclic) bond motifs is 6. The molecule has 3 aliphatic heterocycles. The summed E-state index contributed by atoms with van der Waals surface area (Å²) >= 11 is 0. The normalized spacial score (nSPS) is 14.0. The van der Waals surface area contributed by atoms with Crippen LogP contribution in [0.2, 0.25) is 0 Å². The highest BCUT2D eigenvalue weighted by Gasteiger charge is 2.38. The Morgan fingerprint density at radius 1 is 0.341 bits per heavy atom. The topological polar surface area (TPSA) is 9.72 Å². The van der Waals surface area contributed by atoms with Gasteiger partial charge in [0.25, 0.3) is 0 Å². The van der Waals surface area contributed by atoms with Crippen molar-refractivity contribution in [3.8, 4) is 44.5 Å². The first-order valence-corrected chi connectivity index (χ1v) is 31.4. The molecule has 1 unspecified atom stereocenters. The van der Waals surface area contributed by atoms with E-state index in [1.807, 2.05) is 0 Å². The Hall–Kier alpha value is -10.2. The summed E-state index contributed by atoms with van der Waals surface area (Å²) in [6.07, 6.45) is 0. The minimum atomic E-state index is -0.282. The van der Waals surface area contributed by atoms with Gasteiger partial charge in [-0.15, -0.1) is 0 Å². The Labute approximate surface area is 519 Å². The van der Waals surface area contributed by atoms with Gasteiger partial charge in [0.2, 0.25) is 0 Å². The largest absolute Gasteiger partial charge is 0.310 e. The maximum atomic E-state index is 2.58. The van der Waals surface area contributed by atoms with Crippen LogP contribution < -0.4 is 14.7 Å². The highest BCUT2D eigenvalue weighted by Crippen LogP contribution is 2.58. The number of hydrogen-bond donors (Lipinski definition) is 0. The molecule has 3 heterocycles. The summed E-state index contributed by atoms with van der Waals surface area (Å²) < 4.78 is 0. The lowest BCUT2D eigenvalue weighted by atomic mass is 9.81. The average Bonchev–Trinajstić information content (AvgIpc) is 1.31. The summed E-state index contributed by atoms with van der Waals surface area (Å²) in [6.45, 7) is 16.3. The van der Waals surface area contributed by atoms with Gasteiger partial charge in [-0.05, 0) is 187 Å². The minimum Gasteiger partial charge on any atom is -0.310 e. The van der Waals surface area contributed by atoms with E-state index in [0.29, 0.717) is 11.8 Å². The van der Waals surface area contributed by atoms with Crippen molar-refractivity contribution in [1.82, 2.24) is 0 Å². The van der Waals surface area contributed by atoms with E-state index in [4.69, 9.17) is 0 Å². The Kier molecular flexibility index (Phi) is 13.6. The molecule has 0 aromatic heterocycles. The summed E-state index contributed by atoms with van der Waals surface area (Å²) in [6, 6.07) is 108. The fraction of sp³-hybridized carbons (Fsp3) is 0.129. The molecule has 0 radical (unpaired) electrons. The molecule has 4 aliphatic rings. The lowest BCUT2D eigenvalue weighted by molar-refractivity contribution is 0.661. The molecule has 6 bridgehead atoms. The van der Waals surface area contributed by atoms with Gasteiger partial charge in [0.05, 0.1) is 11.4 Å². The Morgan fingerprint density at radius 2 is 0.864 bits per heavy atom. The molecule has 1 atom stereocenters. The van der Waals surface area contributed by atoms with E-state index in [2.05, 4.69) is 348 Å². The van der Waals surface area contributed by atoms with E-state index in [1.54, 1.807) is 0 Å². The van der Waals surface area contributed by atoms with Crippen molar-refractivity contribution in [2.75, 3.05) is 14.7 Å². The molecular formula is C85H71N3. The van der Waals surface area contributed by atoms with Crippen molar-refractivity contribution in [1.29, 1.82) is 0 Å². The second-order valence-corrected chi connectivity index (χ2v) is 25.3. The third-order valence-corrected chi connectivity index (χ3v) is 19.0. The average molecular weight is 1130 g/mol. The van der Waals surface area contributed by atoms with Crippen LogP contribution in [-0.4, -0.2) is 0 Å². The maximum Gasteiger partial charge on any atom is 0.0620 e. The Balaban J connectivity index is 1.13. The number of hydrogen-bond acceptors (Lipinski definition) is 3. The van der Waals surface area contributed by atoms with Crippen molar-refractivity contribution in [2.24, 2.45) is 0 Å². The quantitative estimate of drug-likeness (QED) is 0.126.